The summed E-state index contributed by atoms with van der Waals surface area (Å²) in [7, 11) is 1.45. The van der Waals surface area contributed by atoms with E-state index in [2.05, 4.69) is 20.9 Å². The van der Waals surface area contributed by atoms with Gasteiger partial charge in [-0.05, 0) is 70.0 Å². The Bertz CT molecular complexity index is 1320. The number of rotatable bonds is 5. The highest BCUT2D eigenvalue weighted by atomic mass is 79.9. The van der Waals surface area contributed by atoms with E-state index in [0.29, 0.717) is 31.2 Å². The van der Waals surface area contributed by atoms with Gasteiger partial charge in [-0.3, -0.25) is 0 Å². The Labute approximate surface area is 207 Å². The van der Waals surface area contributed by atoms with E-state index in [1.807, 2.05) is 0 Å². The van der Waals surface area contributed by atoms with E-state index in [4.69, 9.17) is 37.4 Å². The molecule has 1 aliphatic heterocycles. The van der Waals surface area contributed by atoms with E-state index < -0.39 is 11.9 Å². The van der Waals surface area contributed by atoms with Crippen LogP contribution in [0.5, 0.6) is 11.5 Å². The molecule has 0 bridgehead atoms. The van der Waals surface area contributed by atoms with E-state index in [1.54, 1.807) is 54.6 Å². The summed E-state index contributed by atoms with van der Waals surface area (Å²) in [6.45, 7) is 0. The molecule has 0 saturated heterocycles. The lowest BCUT2D eigenvalue weighted by atomic mass is 10.1. The Balaban J connectivity index is 1.64. The lowest BCUT2D eigenvalue weighted by Gasteiger charge is -2.12. The Morgan fingerprint density at radius 2 is 1.85 bits per heavy atom. The molecule has 0 N–H and O–H groups in total. The van der Waals surface area contributed by atoms with Crippen LogP contribution in [0, 0.1) is 0 Å². The molecule has 0 aromatic heterocycles. The van der Waals surface area contributed by atoms with E-state index in [0.717, 1.165) is 0 Å². The molecule has 1 heterocycles. The monoisotopic (exact) mass is 545 g/mol. The Morgan fingerprint density at radius 1 is 1.09 bits per heavy atom. The highest BCUT2D eigenvalue weighted by Crippen LogP contribution is 2.38. The second-order valence-electron chi connectivity index (χ2n) is 6.75. The third-order valence-corrected chi connectivity index (χ3v) is 5.68. The van der Waals surface area contributed by atoms with Crippen LogP contribution in [0.3, 0.4) is 0 Å². The summed E-state index contributed by atoms with van der Waals surface area (Å²) in [5.41, 5.74) is 1.48. The minimum atomic E-state index is -0.634. The second kappa shape index (κ2) is 9.79. The molecule has 33 heavy (non-hydrogen) atoms. The van der Waals surface area contributed by atoms with Gasteiger partial charge in [0, 0.05) is 5.02 Å². The third-order valence-electron chi connectivity index (χ3n) is 4.54. The average molecular weight is 547 g/mol. The first-order chi connectivity index (χ1) is 15.9. The zero-order valence-electron chi connectivity index (χ0n) is 17.0. The summed E-state index contributed by atoms with van der Waals surface area (Å²) < 4.78 is 16.6. The maximum atomic E-state index is 12.5. The van der Waals surface area contributed by atoms with E-state index in [1.165, 1.54) is 19.3 Å². The normalized spacial score (nSPS) is 14.1. The molecule has 0 aliphatic carbocycles. The van der Waals surface area contributed by atoms with E-state index in [9.17, 15) is 9.59 Å². The maximum absolute atomic E-state index is 12.5. The summed E-state index contributed by atoms with van der Waals surface area (Å²) >= 11 is 15.5. The molecule has 3 aromatic rings. The van der Waals surface area contributed by atoms with Crippen LogP contribution >= 0.6 is 39.1 Å². The fourth-order valence-electron chi connectivity index (χ4n) is 2.99. The second-order valence-corrected chi connectivity index (χ2v) is 8.45. The molecule has 0 fully saturated rings. The predicted molar refractivity (Wildman–Crippen MR) is 129 cm³/mol. The zero-order chi connectivity index (χ0) is 23.5. The quantitative estimate of drug-likeness (QED) is 0.212. The number of nitrogens with zero attached hydrogens (tertiary/aromatic N) is 1. The summed E-state index contributed by atoms with van der Waals surface area (Å²) in [6, 6.07) is 16.6. The molecule has 3 aromatic carbocycles. The van der Waals surface area contributed by atoms with Crippen LogP contribution in [0.4, 0.5) is 0 Å². The largest absolute Gasteiger partial charge is 0.493 e. The maximum Gasteiger partial charge on any atom is 0.363 e. The number of methoxy groups -OCH3 is 1. The van der Waals surface area contributed by atoms with E-state index in [-0.39, 0.29) is 23.1 Å². The molecule has 1 aliphatic rings. The fourth-order valence-corrected chi connectivity index (χ4v) is 4.02. The van der Waals surface area contributed by atoms with Gasteiger partial charge in [-0.25, -0.2) is 14.6 Å². The van der Waals surface area contributed by atoms with Crippen molar-refractivity contribution in [3.8, 4) is 11.5 Å². The first kappa shape index (κ1) is 23.0. The fraction of sp³-hybridized carbons (Fsp3) is 0.0417. The Hall–Kier alpha value is -3.13. The van der Waals surface area contributed by atoms with Crippen LogP contribution in [-0.4, -0.2) is 24.9 Å². The first-order valence-corrected chi connectivity index (χ1v) is 11.0. The molecule has 0 spiro atoms. The Kier molecular flexibility index (Phi) is 6.83. The van der Waals surface area contributed by atoms with Crippen LogP contribution in [0.1, 0.15) is 21.5 Å². The topological polar surface area (TPSA) is 74.2 Å². The lowest BCUT2D eigenvalue weighted by Crippen LogP contribution is -2.09. The van der Waals surface area contributed by atoms with Gasteiger partial charge < -0.3 is 14.2 Å². The highest BCUT2D eigenvalue weighted by molar-refractivity contribution is 9.10. The van der Waals surface area contributed by atoms with Gasteiger partial charge in [0.2, 0.25) is 5.90 Å². The minimum absolute atomic E-state index is 0.0685. The van der Waals surface area contributed by atoms with Gasteiger partial charge >= 0.3 is 11.9 Å². The van der Waals surface area contributed by atoms with Gasteiger partial charge in [0.05, 0.1) is 27.7 Å². The standard InChI is InChI=1S/C24H14BrCl2NO5/c1-31-20-11-13(9-17(25)21(20)32-23(29)14-5-3-2-4-6-14)10-19-24(30)33-22(28-19)16-8-7-15(26)12-18(16)27/h2-12H,1H3/b19-10-. The summed E-state index contributed by atoms with van der Waals surface area (Å²) in [6.07, 6.45) is 1.52. The smallest absolute Gasteiger partial charge is 0.363 e. The van der Waals surface area contributed by atoms with Crippen LogP contribution < -0.4 is 9.47 Å². The molecule has 166 valence electrons. The van der Waals surface area contributed by atoms with Crippen molar-refractivity contribution in [2.45, 2.75) is 0 Å². The van der Waals surface area contributed by atoms with Crippen molar-refractivity contribution in [1.82, 2.24) is 0 Å². The van der Waals surface area contributed by atoms with Crippen LogP contribution in [-0.2, 0) is 9.53 Å². The summed E-state index contributed by atoms with van der Waals surface area (Å²) in [4.78, 5) is 29.1. The van der Waals surface area contributed by atoms with Gasteiger partial charge in [-0.15, -0.1) is 0 Å². The summed E-state index contributed by atoms with van der Waals surface area (Å²) in [5.74, 6) is -0.594. The first-order valence-electron chi connectivity index (χ1n) is 9.48. The minimum Gasteiger partial charge on any atom is -0.493 e. The van der Waals surface area contributed by atoms with Crippen LogP contribution in [0.25, 0.3) is 6.08 Å². The van der Waals surface area contributed by atoms with Crippen molar-refractivity contribution in [2.75, 3.05) is 7.11 Å². The molecular formula is C24H14BrCl2NO5. The zero-order valence-corrected chi connectivity index (χ0v) is 20.1. The number of aliphatic imine (C=N–C) groups is 1. The van der Waals surface area contributed by atoms with Gasteiger partial charge in [0.1, 0.15) is 0 Å². The lowest BCUT2D eigenvalue weighted by molar-refractivity contribution is -0.129. The molecule has 0 amide bonds. The van der Waals surface area contributed by atoms with Crippen molar-refractivity contribution < 1.29 is 23.8 Å². The van der Waals surface area contributed by atoms with Gasteiger partial charge in [0.15, 0.2) is 17.2 Å². The van der Waals surface area contributed by atoms with Crippen molar-refractivity contribution in [2.24, 2.45) is 4.99 Å². The number of halogens is 3. The molecule has 6 nitrogen and oxygen atoms in total. The molecule has 4 rings (SSSR count). The number of cyclic esters (lactones) is 1. The van der Waals surface area contributed by atoms with E-state index >= 15 is 0 Å². The van der Waals surface area contributed by atoms with Crippen LogP contribution in [0.15, 0.2) is 75.8 Å². The summed E-state index contributed by atoms with van der Waals surface area (Å²) in [5, 5.41) is 0.763. The van der Waals surface area contributed by atoms with Gasteiger partial charge in [-0.1, -0.05) is 41.4 Å². The van der Waals surface area contributed by atoms with Crippen molar-refractivity contribution >= 4 is 63.0 Å². The molecule has 9 heteroatoms. The SMILES string of the molecule is COc1cc(/C=C2\N=C(c3ccc(Cl)cc3Cl)OC2=O)cc(Br)c1OC(=O)c1ccccc1. The molecule has 0 atom stereocenters. The molecule has 0 saturated carbocycles. The molecular weight excluding hydrogens is 533 g/mol. The molecule has 0 unspecified atom stereocenters. The van der Waals surface area contributed by atoms with Crippen LogP contribution in [0.2, 0.25) is 10.0 Å². The average Bonchev–Trinajstić information content (AvgIpc) is 3.15. The number of benzene rings is 3. The van der Waals surface area contributed by atoms with Crippen molar-refractivity contribution in [1.29, 1.82) is 0 Å². The predicted octanol–water partition coefficient (Wildman–Crippen LogP) is 6.33. The number of hydrogen-bond donors (Lipinski definition) is 0. The number of esters is 2. The number of carbonyl (C=O) groups excluding carboxylic acids is 2. The third kappa shape index (κ3) is 5.11. The van der Waals surface area contributed by atoms with Gasteiger partial charge in [0.25, 0.3) is 0 Å². The number of ether oxygens (including phenoxy) is 3. The number of carbonyl (C=O) groups is 2. The van der Waals surface area contributed by atoms with Crippen molar-refractivity contribution in [3.05, 3.63) is 97.6 Å². The molecule has 0 radical (unpaired) electrons. The Morgan fingerprint density at radius 3 is 2.55 bits per heavy atom. The van der Waals surface area contributed by atoms with Gasteiger partial charge in [-0.2, -0.15) is 0 Å². The number of hydrogen-bond acceptors (Lipinski definition) is 6. The highest BCUT2D eigenvalue weighted by Gasteiger charge is 2.26. The van der Waals surface area contributed by atoms with Crippen molar-refractivity contribution in [3.63, 3.8) is 0 Å².